The Hall–Kier alpha value is -3.49. The summed E-state index contributed by atoms with van der Waals surface area (Å²) in [5, 5.41) is 13.5. The largest absolute Gasteiger partial charge is 0.368 e. The van der Waals surface area contributed by atoms with E-state index in [1.165, 1.54) is 16.8 Å². The Bertz CT molecular complexity index is 985. The highest BCUT2D eigenvalue weighted by Gasteiger charge is 2.14. The molecule has 9 heteroatoms. The summed E-state index contributed by atoms with van der Waals surface area (Å²) < 4.78 is 14.6. The summed E-state index contributed by atoms with van der Waals surface area (Å²) in [7, 11) is 1.70. The van der Waals surface area contributed by atoms with Crippen molar-refractivity contribution in [2.24, 2.45) is 7.05 Å². The first-order valence-corrected chi connectivity index (χ1v) is 9.38. The van der Waals surface area contributed by atoms with Crippen LogP contribution in [0.1, 0.15) is 23.1 Å². The number of carbonyl (C=O) groups excluding carboxylic acids is 1. The molecule has 8 nitrogen and oxygen atoms in total. The van der Waals surface area contributed by atoms with Crippen LogP contribution in [-0.4, -0.2) is 45.3 Å². The maximum Gasteiger partial charge on any atom is 0.269 e. The van der Waals surface area contributed by atoms with E-state index < -0.39 is 0 Å². The van der Waals surface area contributed by atoms with Gasteiger partial charge in [0.15, 0.2) is 0 Å². The minimum absolute atomic E-state index is 0.234. The molecule has 0 bridgehead atoms. The van der Waals surface area contributed by atoms with Crippen LogP contribution in [0.3, 0.4) is 0 Å². The van der Waals surface area contributed by atoms with Gasteiger partial charge < -0.3 is 16.0 Å². The molecule has 3 N–H and O–H groups in total. The first-order valence-electron chi connectivity index (χ1n) is 9.38. The van der Waals surface area contributed by atoms with Gasteiger partial charge in [0.1, 0.15) is 17.3 Å². The van der Waals surface area contributed by atoms with Crippen LogP contribution < -0.4 is 16.0 Å². The molecule has 0 aliphatic carbocycles. The van der Waals surface area contributed by atoms with Crippen LogP contribution in [0.4, 0.5) is 16.2 Å². The molecule has 152 valence electrons. The number of halogens is 1. The average Bonchev–Trinajstić information content (AvgIpc) is 3.07. The zero-order valence-corrected chi connectivity index (χ0v) is 16.7. The lowest BCUT2D eigenvalue weighted by atomic mass is 10.1. The van der Waals surface area contributed by atoms with E-state index in [2.05, 4.69) is 31.0 Å². The molecule has 3 aromatic rings. The monoisotopic (exact) mass is 397 g/mol. The van der Waals surface area contributed by atoms with Gasteiger partial charge in [-0.05, 0) is 44.2 Å². The first-order chi connectivity index (χ1) is 14.0. The molecule has 0 aliphatic rings. The van der Waals surface area contributed by atoms with Crippen LogP contribution in [-0.2, 0) is 7.05 Å². The highest BCUT2D eigenvalue weighted by Crippen LogP contribution is 2.19. The number of nitrogens with one attached hydrogen (secondary N) is 3. The fraction of sp³-hybridized carbons (Fsp3) is 0.300. The lowest BCUT2D eigenvalue weighted by molar-refractivity contribution is 0.0946. The van der Waals surface area contributed by atoms with Gasteiger partial charge in [0.25, 0.3) is 5.91 Å². The molecule has 0 fully saturated rings. The minimum atomic E-state index is -0.313. The normalized spacial score (nSPS) is 10.6. The van der Waals surface area contributed by atoms with E-state index in [9.17, 15) is 9.18 Å². The van der Waals surface area contributed by atoms with Crippen LogP contribution in [0.2, 0.25) is 0 Å². The molecule has 0 aliphatic heterocycles. The zero-order valence-electron chi connectivity index (χ0n) is 16.7. The third-order valence-corrected chi connectivity index (χ3v) is 4.16. The van der Waals surface area contributed by atoms with E-state index in [0.29, 0.717) is 36.2 Å². The number of anilines is 2. The molecule has 0 spiro atoms. The predicted molar refractivity (Wildman–Crippen MR) is 110 cm³/mol. The van der Waals surface area contributed by atoms with Crippen molar-refractivity contribution in [1.29, 1.82) is 0 Å². The summed E-state index contributed by atoms with van der Waals surface area (Å²) in [6.07, 6.45) is 0. The van der Waals surface area contributed by atoms with Gasteiger partial charge in [-0.15, -0.1) is 0 Å². The predicted octanol–water partition coefficient (Wildman–Crippen LogP) is 2.60. The summed E-state index contributed by atoms with van der Waals surface area (Å²) >= 11 is 0. The summed E-state index contributed by atoms with van der Waals surface area (Å²) in [5.74, 6) is 0.720. The van der Waals surface area contributed by atoms with Gasteiger partial charge in [0.2, 0.25) is 5.95 Å². The standard InChI is InChI=1S/C20H24FN7O/c1-4-22-20-25-13(2)11-18(26-20)23-9-10-24-19(29)17-12-16(27-28(17)3)14-5-7-15(21)8-6-14/h5-8,11-12H,4,9-10H2,1-3H3,(H,24,29)(H2,22,23,25,26). The van der Waals surface area contributed by atoms with Crippen LogP contribution in [0.15, 0.2) is 36.4 Å². The molecule has 0 atom stereocenters. The molecule has 1 aromatic carbocycles. The third kappa shape index (κ3) is 5.28. The number of hydrogen-bond acceptors (Lipinski definition) is 6. The molecule has 0 radical (unpaired) electrons. The first kappa shape index (κ1) is 20.2. The van der Waals surface area contributed by atoms with Crippen molar-refractivity contribution < 1.29 is 9.18 Å². The van der Waals surface area contributed by atoms with Crippen molar-refractivity contribution in [3.63, 3.8) is 0 Å². The van der Waals surface area contributed by atoms with Gasteiger partial charge >= 0.3 is 0 Å². The number of nitrogens with zero attached hydrogens (tertiary/aromatic N) is 4. The van der Waals surface area contributed by atoms with E-state index >= 15 is 0 Å². The van der Waals surface area contributed by atoms with E-state index in [-0.39, 0.29) is 11.7 Å². The molecule has 2 heterocycles. The van der Waals surface area contributed by atoms with Crippen molar-refractivity contribution >= 4 is 17.7 Å². The fourth-order valence-electron chi connectivity index (χ4n) is 2.79. The summed E-state index contributed by atoms with van der Waals surface area (Å²) in [4.78, 5) is 21.1. The minimum Gasteiger partial charge on any atom is -0.368 e. The van der Waals surface area contributed by atoms with E-state index in [1.807, 2.05) is 19.9 Å². The molecule has 0 saturated heterocycles. The van der Waals surface area contributed by atoms with Gasteiger partial charge in [-0.25, -0.2) is 9.37 Å². The number of aryl methyl sites for hydroxylation is 2. The second-order valence-corrected chi connectivity index (χ2v) is 6.48. The Balaban J connectivity index is 1.55. The number of hydrogen-bond donors (Lipinski definition) is 3. The SMILES string of the molecule is CCNc1nc(C)cc(NCCNC(=O)c2cc(-c3ccc(F)cc3)nn2C)n1. The van der Waals surface area contributed by atoms with Crippen molar-refractivity contribution in [3.05, 3.63) is 53.6 Å². The van der Waals surface area contributed by atoms with Gasteiger partial charge in [-0.3, -0.25) is 9.48 Å². The van der Waals surface area contributed by atoms with E-state index in [0.717, 1.165) is 17.8 Å². The van der Waals surface area contributed by atoms with E-state index in [1.54, 1.807) is 25.2 Å². The highest BCUT2D eigenvalue weighted by molar-refractivity contribution is 5.93. The zero-order chi connectivity index (χ0) is 20.8. The maximum atomic E-state index is 13.1. The molecule has 3 rings (SSSR count). The number of amides is 1. The third-order valence-electron chi connectivity index (χ3n) is 4.16. The number of benzene rings is 1. The van der Waals surface area contributed by atoms with E-state index in [4.69, 9.17) is 0 Å². The quantitative estimate of drug-likeness (QED) is 0.506. The molecular formula is C20H24FN7O. The van der Waals surface area contributed by atoms with Crippen LogP contribution in [0, 0.1) is 12.7 Å². The van der Waals surface area contributed by atoms with Crippen molar-refractivity contribution in [2.75, 3.05) is 30.3 Å². The Morgan fingerprint density at radius 2 is 1.86 bits per heavy atom. The summed E-state index contributed by atoms with van der Waals surface area (Å²) in [5.41, 5.74) is 2.64. The fourth-order valence-corrected chi connectivity index (χ4v) is 2.79. The van der Waals surface area contributed by atoms with Gasteiger partial charge in [-0.1, -0.05) is 0 Å². The van der Waals surface area contributed by atoms with Crippen LogP contribution >= 0.6 is 0 Å². The molecule has 1 amide bonds. The van der Waals surface area contributed by atoms with Crippen molar-refractivity contribution in [3.8, 4) is 11.3 Å². The average molecular weight is 397 g/mol. The number of aromatic nitrogens is 4. The lowest BCUT2D eigenvalue weighted by Gasteiger charge is -2.10. The maximum absolute atomic E-state index is 13.1. The molecule has 0 unspecified atom stereocenters. The van der Waals surface area contributed by atoms with Crippen molar-refractivity contribution in [2.45, 2.75) is 13.8 Å². The number of carbonyl (C=O) groups is 1. The van der Waals surface area contributed by atoms with Gasteiger partial charge in [0, 0.05) is 44.0 Å². The Labute approximate surface area is 168 Å². The molecule has 0 saturated carbocycles. The Morgan fingerprint density at radius 3 is 2.59 bits per heavy atom. The Kier molecular flexibility index (Phi) is 6.38. The second kappa shape index (κ2) is 9.13. The number of rotatable bonds is 8. The van der Waals surface area contributed by atoms with Crippen LogP contribution in [0.5, 0.6) is 0 Å². The van der Waals surface area contributed by atoms with Gasteiger partial charge in [-0.2, -0.15) is 10.1 Å². The summed E-state index contributed by atoms with van der Waals surface area (Å²) in [6.45, 7) is 5.54. The van der Waals surface area contributed by atoms with Gasteiger partial charge in [0.05, 0.1) is 5.69 Å². The molecule has 2 aromatic heterocycles. The lowest BCUT2D eigenvalue weighted by Crippen LogP contribution is -2.30. The second-order valence-electron chi connectivity index (χ2n) is 6.48. The smallest absolute Gasteiger partial charge is 0.269 e. The molecular weight excluding hydrogens is 373 g/mol. The molecule has 29 heavy (non-hydrogen) atoms. The Morgan fingerprint density at radius 1 is 1.10 bits per heavy atom. The van der Waals surface area contributed by atoms with Crippen LogP contribution in [0.25, 0.3) is 11.3 Å². The van der Waals surface area contributed by atoms with Crippen molar-refractivity contribution in [1.82, 2.24) is 25.1 Å². The summed E-state index contributed by atoms with van der Waals surface area (Å²) in [6, 6.07) is 9.53. The highest BCUT2D eigenvalue weighted by atomic mass is 19.1. The topological polar surface area (TPSA) is 96.8 Å².